The summed E-state index contributed by atoms with van der Waals surface area (Å²) in [5.41, 5.74) is -21.6. The number of rotatable bonds is 5. The molecular weight excluding hydrogens is 1100 g/mol. The van der Waals surface area contributed by atoms with Gasteiger partial charge in [0.15, 0.2) is 69.8 Å². The van der Waals surface area contributed by atoms with Crippen molar-refractivity contribution < 1.29 is 75.7 Å². The van der Waals surface area contributed by atoms with Gasteiger partial charge in [0.1, 0.15) is 0 Å². The molecule has 0 aliphatic carbocycles. The summed E-state index contributed by atoms with van der Waals surface area (Å²) in [5, 5.41) is 24.9. The minimum atomic E-state index is -2.74. The molecule has 8 bridgehead atoms. The average Bonchev–Trinajstić information content (AvgIpc) is 4.25. The molecule has 0 saturated heterocycles. The maximum Gasteiger partial charge on any atom is 3.00 e. The van der Waals surface area contributed by atoms with Crippen LogP contribution >= 0.6 is 0 Å². The summed E-state index contributed by atoms with van der Waals surface area (Å²) in [4.78, 5) is 45.2. The van der Waals surface area contributed by atoms with Gasteiger partial charge in [-0.2, -0.15) is 0 Å². The van der Waals surface area contributed by atoms with Gasteiger partial charge in [-0.05, 0) is 71.4 Å². The van der Waals surface area contributed by atoms with Crippen LogP contribution in [0.2, 0.25) is 0 Å². The molecule has 0 spiro atoms. The predicted octanol–water partition coefficient (Wildman–Crippen LogP) is 11.9. The summed E-state index contributed by atoms with van der Waals surface area (Å²) in [6.45, 7) is 0. The maximum absolute atomic E-state index is 15.7. The van der Waals surface area contributed by atoms with E-state index in [-0.39, 0.29) is 19.8 Å². The zero-order valence-electron chi connectivity index (χ0n) is 36.5. The van der Waals surface area contributed by atoms with Crippen LogP contribution in [-0.4, -0.2) is 44.6 Å². The Balaban J connectivity index is 0.000000555. The van der Waals surface area contributed by atoms with E-state index in [4.69, 9.17) is 0 Å². The van der Waals surface area contributed by atoms with Crippen LogP contribution in [-0.2, 0) is 12.8 Å². The molecule has 1 aliphatic heterocycles. The Labute approximate surface area is 419 Å². The molecular formula is C47H18F15GaN8O4. The number of aromatic nitrogens is 6. The molecule has 28 heteroatoms. The average molecular weight is 1110 g/mol. The molecule has 378 valence electrons. The smallest absolute Gasteiger partial charge is 0.657 e. The summed E-state index contributed by atoms with van der Waals surface area (Å²) in [5.74, 6) is -40.0. The van der Waals surface area contributed by atoms with E-state index in [0.29, 0.717) is 24.3 Å². The summed E-state index contributed by atoms with van der Waals surface area (Å²) >= 11 is 0. The quantitative estimate of drug-likeness (QED) is 0.0404. The van der Waals surface area contributed by atoms with Gasteiger partial charge in [0.2, 0.25) is 17.5 Å². The molecule has 0 radical (unpaired) electrons. The fraction of sp³-hybridized carbons (Fsp3) is 0.0426. The van der Waals surface area contributed by atoms with E-state index in [0.717, 1.165) is 0 Å². The van der Waals surface area contributed by atoms with Crippen molar-refractivity contribution in [1.82, 2.24) is 29.9 Å². The van der Waals surface area contributed by atoms with E-state index < -0.39 is 199 Å². The van der Waals surface area contributed by atoms with Crippen molar-refractivity contribution in [2.45, 2.75) is 12.8 Å². The number of pyridine rings is 2. The van der Waals surface area contributed by atoms with E-state index in [1.165, 1.54) is 0 Å². The fourth-order valence-electron chi connectivity index (χ4n) is 7.52. The van der Waals surface area contributed by atoms with Gasteiger partial charge in [-0.15, -0.1) is 22.1 Å². The summed E-state index contributed by atoms with van der Waals surface area (Å²) < 4.78 is 226. The van der Waals surface area contributed by atoms with Crippen molar-refractivity contribution in [2.75, 3.05) is 0 Å². The maximum atomic E-state index is 15.7. The first-order valence-corrected chi connectivity index (χ1v) is 20.3. The number of hydrogen-bond donors (Lipinski definition) is 0. The number of nitro groups is 2. The Kier molecular flexibility index (Phi) is 15.5. The van der Waals surface area contributed by atoms with Gasteiger partial charge in [-0.3, -0.25) is 35.2 Å². The zero-order chi connectivity index (χ0) is 53.6. The molecule has 0 atom stereocenters. The summed E-state index contributed by atoms with van der Waals surface area (Å²) in [7, 11) is 0. The molecule has 3 aromatic carbocycles. The van der Waals surface area contributed by atoms with Gasteiger partial charge < -0.3 is 15.0 Å². The van der Waals surface area contributed by atoms with Gasteiger partial charge in [-0.1, -0.05) is 24.3 Å². The van der Waals surface area contributed by atoms with Crippen LogP contribution < -0.4 is 15.0 Å². The first-order valence-electron chi connectivity index (χ1n) is 20.3. The topological polar surface area (TPSA) is 167 Å². The second-order valence-electron chi connectivity index (χ2n) is 15.0. The third-order valence-electron chi connectivity index (χ3n) is 10.7. The molecule has 12 nitrogen and oxygen atoms in total. The molecule has 6 aromatic heterocycles. The van der Waals surface area contributed by atoms with Crippen LogP contribution in [0, 0.1) is 107 Å². The normalized spacial score (nSPS) is 11.4. The first kappa shape index (κ1) is 54.1. The number of benzene rings is 3. The molecule has 7 heterocycles. The van der Waals surface area contributed by atoms with Crippen molar-refractivity contribution >= 4 is 64.3 Å². The molecule has 10 rings (SSSR count). The Morgan fingerprint density at radius 2 is 0.667 bits per heavy atom. The largest absolute Gasteiger partial charge is 3.00 e. The molecule has 0 amide bonds. The minimum absolute atomic E-state index is 0. The standard InChI is InChI=1S/C37H8F15N6O4.2C5H5N.Ga/c38-21-18(22(39)28(45)33(50)27(21)44)15-7-1-3-9(53-7)16(19-23(40)29(46)34(51)30(47)24(19)41)36-13(57(59)60)5-11(55-36)12-6-14(58(61)62)37(56-12)17(10-4-2-8(15)54-10)20-25(42)31(48)35(52)32(49)26(20)43;2*1-2-4-6-5-3-1;/h1,3,5-6H,2,4H2;2*1-5H;/q-3;;;+3. The molecule has 1 aliphatic rings. The predicted molar refractivity (Wildman–Crippen MR) is 234 cm³/mol. The second kappa shape index (κ2) is 21.4. The first-order chi connectivity index (χ1) is 35.2. The molecule has 0 N–H and O–H groups in total. The Morgan fingerprint density at radius 1 is 0.373 bits per heavy atom. The van der Waals surface area contributed by atoms with Crippen LogP contribution in [0.5, 0.6) is 0 Å². The van der Waals surface area contributed by atoms with E-state index >= 15 is 26.3 Å². The molecule has 75 heavy (non-hydrogen) atoms. The van der Waals surface area contributed by atoms with Crippen molar-refractivity contribution in [3.05, 3.63) is 204 Å². The number of halogens is 15. The Hall–Kier alpha value is -8.66. The van der Waals surface area contributed by atoms with Gasteiger partial charge in [0.05, 0.1) is 26.5 Å². The SMILES string of the molecule is O=[N+]([O-])c1cc2[n-]c1c(-c1c(F)c(F)c(F)c(F)c1F)c1nc(c(-c3c(F)c(F)c(F)c(F)c3F)c3ccc([n-]3)c(-c3c(F)c(F)c(F)c(F)c3F)c3[n-]c2cc3[N+](=O)[O-])CC1.[Ga+3].c1ccncc1.c1ccncc1. The molecule has 0 saturated carbocycles. The van der Waals surface area contributed by atoms with Crippen molar-refractivity contribution in [2.24, 2.45) is 0 Å². The zero-order valence-corrected chi connectivity index (χ0v) is 38.9. The van der Waals surface area contributed by atoms with Crippen LogP contribution in [0.1, 0.15) is 11.4 Å². The van der Waals surface area contributed by atoms with E-state index in [1.807, 2.05) is 36.4 Å². The van der Waals surface area contributed by atoms with Crippen molar-refractivity contribution in [3.63, 3.8) is 0 Å². The Morgan fingerprint density at radius 3 is 0.987 bits per heavy atom. The minimum Gasteiger partial charge on any atom is -0.657 e. The summed E-state index contributed by atoms with van der Waals surface area (Å²) in [6.07, 6.45) is 5.24. The van der Waals surface area contributed by atoms with Gasteiger partial charge in [0, 0.05) is 41.7 Å². The third kappa shape index (κ3) is 9.59. The number of aryl methyl sites for hydroxylation is 2. The van der Waals surface area contributed by atoms with Crippen LogP contribution in [0.15, 0.2) is 85.5 Å². The fourth-order valence-corrected chi connectivity index (χ4v) is 7.52. The number of nitrogens with zero attached hydrogens (tertiary/aromatic N) is 8. The van der Waals surface area contributed by atoms with E-state index in [2.05, 4.69) is 29.9 Å². The summed E-state index contributed by atoms with van der Waals surface area (Å²) in [6, 6.07) is 13.3. The number of fused-ring (bicyclic) bond motifs is 9. The van der Waals surface area contributed by atoms with E-state index in [1.54, 1.807) is 24.8 Å². The number of hydrogen-bond acceptors (Lipinski definition) is 7. The van der Waals surface area contributed by atoms with Crippen molar-refractivity contribution in [1.29, 1.82) is 0 Å². The van der Waals surface area contributed by atoms with Crippen LogP contribution in [0.4, 0.5) is 77.2 Å². The Bertz CT molecular complexity index is 3730. The second-order valence-corrected chi connectivity index (χ2v) is 15.0. The third-order valence-corrected chi connectivity index (χ3v) is 10.7. The van der Waals surface area contributed by atoms with Gasteiger partial charge >= 0.3 is 19.8 Å². The van der Waals surface area contributed by atoms with Crippen LogP contribution in [0.25, 0.3) is 66.5 Å². The molecule has 0 fully saturated rings. The van der Waals surface area contributed by atoms with Crippen molar-refractivity contribution in [3.8, 4) is 33.4 Å². The van der Waals surface area contributed by atoms with Gasteiger partial charge in [-0.25, -0.2) is 65.9 Å². The van der Waals surface area contributed by atoms with E-state index in [9.17, 15) is 59.7 Å². The molecule has 0 unspecified atom stereocenters. The molecule has 9 aromatic rings. The monoisotopic (exact) mass is 1110 g/mol. The van der Waals surface area contributed by atoms with Crippen LogP contribution in [0.3, 0.4) is 0 Å². The van der Waals surface area contributed by atoms with Gasteiger partial charge in [0.25, 0.3) is 11.4 Å².